The molecule has 3 aromatic rings. The third-order valence-corrected chi connectivity index (χ3v) is 6.31. The normalized spacial score (nSPS) is 13.2. The molecule has 0 unspecified atom stereocenters. The zero-order valence-electron chi connectivity index (χ0n) is 18.7. The van der Waals surface area contributed by atoms with Crippen molar-refractivity contribution in [2.45, 2.75) is 9.79 Å². The number of para-hydroxylation sites is 1. The fourth-order valence-electron chi connectivity index (χ4n) is 3.55. The van der Waals surface area contributed by atoms with Gasteiger partial charge in [-0.3, -0.25) is 14.9 Å². The molecule has 0 radical (unpaired) electrons. The second kappa shape index (κ2) is 11.5. The SMILES string of the molecule is O=C(COC(=O)c1cc([N+](=O)[O-])ccc1N1CCOCC1)Nc1ccccc1Sc1ccccc1. The Morgan fingerprint density at radius 1 is 1.03 bits per heavy atom. The van der Waals surface area contributed by atoms with E-state index < -0.39 is 23.4 Å². The highest BCUT2D eigenvalue weighted by atomic mass is 32.2. The summed E-state index contributed by atoms with van der Waals surface area (Å²) in [5.74, 6) is -1.32. The van der Waals surface area contributed by atoms with E-state index in [1.807, 2.05) is 47.4 Å². The maximum atomic E-state index is 12.9. The van der Waals surface area contributed by atoms with Crippen molar-refractivity contribution in [3.8, 4) is 0 Å². The Morgan fingerprint density at radius 3 is 2.49 bits per heavy atom. The fourth-order valence-corrected chi connectivity index (χ4v) is 4.47. The van der Waals surface area contributed by atoms with Crippen molar-refractivity contribution in [1.82, 2.24) is 0 Å². The molecular formula is C25H23N3O6S. The molecule has 0 spiro atoms. The second-order valence-corrected chi connectivity index (χ2v) is 8.71. The third kappa shape index (κ3) is 6.37. The lowest BCUT2D eigenvalue weighted by Crippen LogP contribution is -2.37. The van der Waals surface area contributed by atoms with Gasteiger partial charge < -0.3 is 19.7 Å². The minimum absolute atomic E-state index is 0.0360. The van der Waals surface area contributed by atoms with Crippen LogP contribution in [0.3, 0.4) is 0 Å². The fraction of sp³-hybridized carbons (Fsp3) is 0.200. The maximum Gasteiger partial charge on any atom is 0.341 e. The zero-order chi connectivity index (χ0) is 24.6. The van der Waals surface area contributed by atoms with Gasteiger partial charge in [0, 0.05) is 35.0 Å². The molecule has 4 rings (SSSR count). The molecule has 1 aliphatic rings. The number of nitro benzene ring substituents is 1. The summed E-state index contributed by atoms with van der Waals surface area (Å²) in [6.07, 6.45) is 0. The van der Waals surface area contributed by atoms with Gasteiger partial charge in [-0.2, -0.15) is 0 Å². The van der Waals surface area contributed by atoms with Crippen LogP contribution in [0.15, 0.2) is 82.6 Å². The van der Waals surface area contributed by atoms with Crippen molar-refractivity contribution in [2.75, 3.05) is 43.1 Å². The predicted molar refractivity (Wildman–Crippen MR) is 132 cm³/mol. The summed E-state index contributed by atoms with van der Waals surface area (Å²) in [6, 6.07) is 21.1. The van der Waals surface area contributed by atoms with E-state index in [0.717, 1.165) is 9.79 Å². The Balaban J connectivity index is 1.44. The Kier molecular flexibility index (Phi) is 7.96. The van der Waals surface area contributed by atoms with Crippen molar-refractivity contribution in [3.63, 3.8) is 0 Å². The largest absolute Gasteiger partial charge is 0.452 e. The molecule has 9 nitrogen and oxygen atoms in total. The lowest BCUT2D eigenvalue weighted by molar-refractivity contribution is -0.384. The van der Waals surface area contributed by atoms with Gasteiger partial charge in [0.15, 0.2) is 6.61 Å². The van der Waals surface area contributed by atoms with Gasteiger partial charge >= 0.3 is 5.97 Å². The topological polar surface area (TPSA) is 111 Å². The van der Waals surface area contributed by atoms with Crippen molar-refractivity contribution < 1.29 is 24.0 Å². The van der Waals surface area contributed by atoms with Crippen LogP contribution < -0.4 is 10.2 Å². The van der Waals surface area contributed by atoms with E-state index in [4.69, 9.17) is 9.47 Å². The van der Waals surface area contributed by atoms with E-state index in [1.165, 1.54) is 30.0 Å². The van der Waals surface area contributed by atoms with E-state index in [-0.39, 0.29) is 11.3 Å². The van der Waals surface area contributed by atoms with Crippen LogP contribution in [0, 0.1) is 10.1 Å². The van der Waals surface area contributed by atoms with E-state index in [1.54, 1.807) is 12.1 Å². The predicted octanol–water partition coefficient (Wildman–Crippen LogP) is 4.38. The van der Waals surface area contributed by atoms with Crippen LogP contribution in [0.25, 0.3) is 0 Å². The lowest BCUT2D eigenvalue weighted by Gasteiger charge is -2.30. The van der Waals surface area contributed by atoms with Crippen LogP contribution in [0.5, 0.6) is 0 Å². The van der Waals surface area contributed by atoms with Crippen molar-refractivity contribution in [1.29, 1.82) is 0 Å². The Morgan fingerprint density at radius 2 is 1.74 bits per heavy atom. The molecule has 1 saturated heterocycles. The molecule has 1 amide bonds. The Hall–Kier alpha value is -3.89. The van der Waals surface area contributed by atoms with Gasteiger partial charge in [0.1, 0.15) is 0 Å². The van der Waals surface area contributed by atoms with E-state index in [9.17, 15) is 19.7 Å². The minimum Gasteiger partial charge on any atom is -0.452 e. The molecule has 10 heteroatoms. The van der Waals surface area contributed by atoms with Crippen LogP contribution in [0.2, 0.25) is 0 Å². The van der Waals surface area contributed by atoms with Crippen molar-refractivity contribution >= 4 is 40.7 Å². The van der Waals surface area contributed by atoms with E-state index in [0.29, 0.717) is 37.7 Å². The number of carbonyl (C=O) groups excluding carboxylic acids is 2. The quantitative estimate of drug-likeness (QED) is 0.280. The molecule has 35 heavy (non-hydrogen) atoms. The molecule has 0 bridgehead atoms. The number of nitro groups is 1. The number of rotatable bonds is 8. The van der Waals surface area contributed by atoms with Gasteiger partial charge in [-0.15, -0.1) is 0 Å². The van der Waals surface area contributed by atoms with Gasteiger partial charge in [-0.25, -0.2) is 4.79 Å². The summed E-state index contributed by atoms with van der Waals surface area (Å²) in [4.78, 5) is 39.9. The highest BCUT2D eigenvalue weighted by Crippen LogP contribution is 2.33. The molecule has 0 saturated carbocycles. The summed E-state index contributed by atoms with van der Waals surface area (Å²) >= 11 is 1.50. The average molecular weight is 494 g/mol. The molecule has 1 heterocycles. The summed E-state index contributed by atoms with van der Waals surface area (Å²) in [5, 5.41) is 14.0. The van der Waals surface area contributed by atoms with Crippen LogP contribution in [0.1, 0.15) is 10.4 Å². The van der Waals surface area contributed by atoms with Gasteiger partial charge in [-0.05, 0) is 30.3 Å². The number of non-ortho nitro benzene ring substituents is 1. The van der Waals surface area contributed by atoms with Gasteiger partial charge in [0.2, 0.25) is 0 Å². The number of ether oxygens (including phenoxy) is 2. The maximum absolute atomic E-state index is 12.9. The number of nitrogens with zero attached hydrogens (tertiary/aromatic N) is 2. The Labute approximate surface area is 206 Å². The number of carbonyl (C=O) groups is 2. The number of benzene rings is 3. The molecule has 1 fully saturated rings. The van der Waals surface area contributed by atoms with Crippen LogP contribution in [-0.4, -0.2) is 49.7 Å². The standard InChI is InChI=1S/C25H23N3O6S/c29-24(26-21-8-4-5-9-23(21)35-19-6-2-1-3-7-19)17-34-25(30)20-16-18(28(31)32)10-11-22(20)27-12-14-33-15-13-27/h1-11,16H,12-15,17H2,(H,26,29). The highest BCUT2D eigenvalue weighted by molar-refractivity contribution is 7.99. The number of nitrogens with one attached hydrogen (secondary N) is 1. The first kappa shape index (κ1) is 24.2. The van der Waals surface area contributed by atoms with Crippen molar-refractivity contribution in [3.05, 3.63) is 88.5 Å². The van der Waals surface area contributed by atoms with Crippen LogP contribution >= 0.6 is 11.8 Å². The summed E-state index contributed by atoms with van der Waals surface area (Å²) in [6.45, 7) is 1.50. The molecule has 3 aromatic carbocycles. The lowest BCUT2D eigenvalue weighted by atomic mass is 10.1. The molecular weight excluding hydrogens is 470 g/mol. The first-order valence-electron chi connectivity index (χ1n) is 10.9. The van der Waals surface area contributed by atoms with E-state index >= 15 is 0 Å². The Bertz CT molecular complexity index is 1210. The molecule has 0 aromatic heterocycles. The monoisotopic (exact) mass is 493 g/mol. The smallest absolute Gasteiger partial charge is 0.341 e. The molecule has 0 atom stereocenters. The number of esters is 1. The van der Waals surface area contributed by atoms with E-state index in [2.05, 4.69) is 5.32 Å². The van der Waals surface area contributed by atoms with Crippen LogP contribution in [-0.2, 0) is 14.3 Å². The third-order valence-electron chi connectivity index (χ3n) is 5.23. The molecule has 1 N–H and O–H groups in total. The summed E-state index contributed by atoms with van der Waals surface area (Å²) in [7, 11) is 0. The number of morpholine rings is 1. The first-order valence-corrected chi connectivity index (χ1v) is 11.7. The molecule has 180 valence electrons. The number of amides is 1. The summed E-state index contributed by atoms with van der Waals surface area (Å²) in [5.41, 5.74) is 0.903. The van der Waals surface area contributed by atoms with Gasteiger partial charge in [-0.1, -0.05) is 42.1 Å². The van der Waals surface area contributed by atoms with Gasteiger partial charge in [0.05, 0.1) is 35.1 Å². The second-order valence-electron chi connectivity index (χ2n) is 7.59. The van der Waals surface area contributed by atoms with Crippen LogP contribution in [0.4, 0.5) is 17.1 Å². The number of hydrogen-bond donors (Lipinski definition) is 1. The number of anilines is 2. The first-order chi connectivity index (χ1) is 17.0. The zero-order valence-corrected chi connectivity index (χ0v) is 19.5. The van der Waals surface area contributed by atoms with Crippen molar-refractivity contribution in [2.24, 2.45) is 0 Å². The molecule has 1 aliphatic heterocycles. The number of hydrogen-bond acceptors (Lipinski definition) is 8. The van der Waals surface area contributed by atoms with Gasteiger partial charge in [0.25, 0.3) is 11.6 Å². The highest BCUT2D eigenvalue weighted by Gasteiger charge is 2.23. The molecule has 0 aliphatic carbocycles. The average Bonchev–Trinajstić information content (AvgIpc) is 2.89. The summed E-state index contributed by atoms with van der Waals surface area (Å²) < 4.78 is 10.6. The minimum atomic E-state index is -0.808.